The van der Waals surface area contributed by atoms with Gasteiger partial charge in [-0.3, -0.25) is 4.79 Å². The number of aryl methyl sites for hydroxylation is 1. The van der Waals surface area contributed by atoms with E-state index < -0.39 is 11.9 Å². The van der Waals surface area contributed by atoms with Crippen molar-refractivity contribution >= 4 is 5.97 Å². The number of aliphatic carboxylic acids is 1. The lowest BCUT2D eigenvalue weighted by Crippen LogP contribution is -2.25. The molecule has 0 saturated heterocycles. The normalized spacial score (nSPS) is 12.8. The smallest absolute Gasteiger partial charge is 0.308 e. The molecule has 13 heavy (non-hydrogen) atoms. The summed E-state index contributed by atoms with van der Waals surface area (Å²) in [5, 5.41) is 18.8. The van der Waals surface area contributed by atoms with Gasteiger partial charge in [-0.05, 0) is 6.92 Å². The fourth-order valence-electron chi connectivity index (χ4n) is 1.00. The van der Waals surface area contributed by atoms with Crippen molar-refractivity contribution in [3.63, 3.8) is 0 Å². The zero-order valence-corrected chi connectivity index (χ0v) is 7.32. The number of carboxylic acid groups (broad SMARTS) is 1. The zero-order chi connectivity index (χ0) is 9.84. The van der Waals surface area contributed by atoms with Gasteiger partial charge in [-0.2, -0.15) is 15.4 Å². The van der Waals surface area contributed by atoms with E-state index in [9.17, 15) is 4.79 Å². The Labute approximate surface area is 75.1 Å². The predicted molar refractivity (Wildman–Crippen MR) is 45.0 cm³/mol. The van der Waals surface area contributed by atoms with Gasteiger partial charge in [-0.15, -0.1) is 0 Å². The SMILES string of the molecule is Cc1n[nH]nc1CC(CN)C(=O)O. The van der Waals surface area contributed by atoms with E-state index in [1.165, 1.54) is 0 Å². The summed E-state index contributed by atoms with van der Waals surface area (Å²) in [4.78, 5) is 10.6. The van der Waals surface area contributed by atoms with Crippen LogP contribution < -0.4 is 5.73 Å². The molecule has 0 radical (unpaired) electrons. The molecule has 1 aromatic rings. The second-order valence-electron chi connectivity index (χ2n) is 2.83. The number of aromatic nitrogens is 3. The molecule has 6 heteroatoms. The summed E-state index contributed by atoms with van der Waals surface area (Å²) >= 11 is 0. The molecule has 0 bridgehead atoms. The number of hydrogen-bond acceptors (Lipinski definition) is 4. The molecule has 0 aliphatic carbocycles. The van der Waals surface area contributed by atoms with Crippen molar-refractivity contribution in [2.24, 2.45) is 11.7 Å². The highest BCUT2D eigenvalue weighted by Gasteiger charge is 2.18. The maximum Gasteiger partial charge on any atom is 0.308 e. The Morgan fingerprint density at radius 2 is 2.38 bits per heavy atom. The van der Waals surface area contributed by atoms with Crippen molar-refractivity contribution in [2.45, 2.75) is 13.3 Å². The number of nitrogens with zero attached hydrogens (tertiary/aromatic N) is 2. The third kappa shape index (κ3) is 2.25. The van der Waals surface area contributed by atoms with E-state index >= 15 is 0 Å². The van der Waals surface area contributed by atoms with Crippen LogP contribution in [0.5, 0.6) is 0 Å². The molecule has 0 fully saturated rings. The first-order valence-corrected chi connectivity index (χ1v) is 3.94. The van der Waals surface area contributed by atoms with Gasteiger partial charge in [0.25, 0.3) is 0 Å². The summed E-state index contributed by atoms with van der Waals surface area (Å²) in [7, 11) is 0. The topological polar surface area (TPSA) is 105 Å². The van der Waals surface area contributed by atoms with Crippen LogP contribution in [0.25, 0.3) is 0 Å². The lowest BCUT2D eigenvalue weighted by atomic mass is 10.0. The minimum atomic E-state index is -0.898. The molecular weight excluding hydrogens is 172 g/mol. The predicted octanol–water partition coefficient (Wildman–Crippen LogP) is -0.685. The lowest BCUT2D eigenvalue weighted by molar-refractivity contribution is -0.141. The molecule has 1 unspecified atom stereocenters. The van der Waals surface area contributed by atoms with Crippen LogP contribution in [-0.4, -0.2) is 33.0 Å². The fraction of sp³-hybridized carbons (Fsp3) is 0.571. The van der Waals surface area contributed by atoms with Gasteiger partial charge in [0.05, 0.1) is 17.3 Å². The van der Waals surface area contributed by atoms with Crippen LogP contribution in [-0.2, 0) is 11.2 Å². The Morgan fingerprint density at radius 1 is 1.69 bits per heavy atom. The Morgan fingerprint density at radius 3 is 2.77 bits per heavy atom. The summed E-state index contributed by atoms with van der Waals surface area (Å²) in [6.07, 6.45) is 0.328. The lowest BCUT2D eigenvalue weighted by Gasteiger charge is -2.06. The average molecular weight is 184 g/mol. The van der Waals surface area contributed by atoms with Gasteiger partial charge < -0.3 is 10.8 Å². The van der Waals surface area contributed by atoms with Gasteiger partial charge in [0, 0.05) is 13.0 Å². The summed E-state index contributed by atoms with van der Waals surface area (Å²) in [6, 6.07) is 0. The second-order valence-corrected chi connectivity index (χ2v) is 2.83. The molecule has 1 aromatic heterocycles. The van der Waals surface area contributed by atoms with E-state index in [-0.39, 0.29) is 6.54 Å². The molecule has 0 aliphatic rings. The summed E-state index contributed by atoms with van der Waals surface area (Å²) in [6.45, 7) is 1.88. The van der Waals surface area contributed by atoms with Gasteiger partial charge in [-0.1, -0.05) is 0 Å². The first-order chi connectivity index (χ1) is 6.15. The second kappa shape index (κ2) is 3.99. The summed E-state index contributed by atoms with van der Waals surface area (Å²) < 4.78 is 0. The van der Waals surface area contributed by atoms with E-state index in [4.69, 9.17) is 10.8 Å². The number of H-pyrrole nitrogens is 1. The molecule has 4 N–H and O–H groups in total. The Bertz CT molecular complexity index is 296. The molecular formula is C7H12N4O2. The Kier molecular flexibility index (Phi) is 2.97. The first-order valence-electron chi connectivity index (χ1n) is 3.94. The van der Waals surface area contributed by atoms with Crippen LogP contribution in [0, 0.1) is 12.8 Å². The minimum Gasteiger partial charge on any atom is -0.481 e. The van der Waals surface area contributed by atoms with Crippen LogP contribution in [0.4, 0.5) is 0 Å². The largest absolute Gasteiger partial charge is 0.481 e. The highest BCUT2D eigenvalue weighted by molar-refractivity contribution is 5.70. The van der Waals surface area contributed by atoms with Crippen molar-refractivity contribution in [1.82, 2.24) is 15.4 Å². The van der Waals surface area contributed by atoms with Crippen LogP contribution in [0.15, 0.2) is 0 Å². The molecule has 0 aliphatic heterocycles. The van der Waals surface area contributed by atoms with Crippen molar-refractivity contribution in [3.8, 4) is 0 Å². The molecule has 1 atom stereocenters. The van der Waals surface area contributed by atoms with E-state index in [1.54, 1.807) is 6.92 Å². The number of rotatable bonds is 4. The van der Waals surface area contributed by atoms with E-state index in [1.807, 2.05) is 0 Å². The van der Waals surface area contributed by atoms with Gasteiger partial charge >= 0.3 is 5.97 Å². The highest BCUT2D eigenvalue weighted by atomic mass is 16.4. The molecule has 1 heterocycles. The Hall–Kier alpha value is -1.43. The van der Waals surface area contributed by atoms with E-state index in [2.05, 4.69) is 15.4 Å². The van der Waals surface area contributed by atoms with Crippen LogP contribution >= 0.6 is 0 Å². The molecule has 0 saturated carbocycles. The minimum absolute atomic E-state index is 0.113. The van der Waals surface area contributed by atoms with Crippen molar-refractivity contribution in [1.29, 1.82) is 0 Å². The number of nitrogens with two attached hydrogens (primary N) is 1. The molecule has 0 spiro atoms. The quantitative estimate of drug-likeness (QED) is 0.574. The van der Waals surface area contributed by atoms with Gasteiger partial charge in [0.2, 0.25) is 0 Å². The third-order valence-corrected chi connectivity index (χ3v) is 1.89. The van der Waals surface area contributed by atoms with Gasteiger partial charge in [0.1, 0.15) is 0 Å². The van der Waals surface area contributed by atoms with Crippen molar-refractivity contribution in [2.75, 3.05) is 6.54 Å². The maximum atomic E-state index is 10.6. The van der Waals surface area contributed by atoms with Gasteiger partial charge in [0.15, 0.2) is 0 Å². The number of aromatic amines is 1. The van der Waals surface area contributed by atoms with Crippen molar-refractivity contribution in [3.05, 3.63) is 11.4 Å². The number of nitrogens with one attached hydrogen (secondary N) is 1. The molecule has 6 nitrogen and oxygen atoms in total. The standard InChI is InChI=1S/C7H12N4O2/c1-4-6(10-11-9-4)2-5(3-8)7(12)13/h5H,2-3,8H2,1H3,(H,12,13)(H,9,10,11). The van der Waals surface area contributed by atoms with Gasteiger partial charge in [-0.25, -0.2) is 0 Å². The van der Waals surface area contributed by atoms with Crippen LogP contribution in [0.2, 0.25) is 0 Å². The summed E-state index contributed by atoms with van der Waals surface area (Å²) in [5.74, 6) is -1.48. The molecule has 0 amide bonds. The zero-order valence-electron chi connectivity index (χ0n) is 7.32. The fourth-order valence-corrected chi connectivity index (χ4v) is 1.00. The van der Waals surface area contributed by atoms with Crippen molar-refractivity contribution < 1.29 is 9.90 Å². The first kappa shape index (κ1) is 9.66. The summed E-state index contributed by atoms with van der Waals surface area (Å²) in [5.41, 5.74) is 6.69. The Balaban J connectivity index is 2.67. The van der Waals surface area contributed by atoms with E-state index in [0.29, 0.717) is 12.1 Å². The number of hydrogen-bond donors (Lipinski definition) is 3. The average Bonchev–Trinajstić information content (AvgIpc) is 2.46. The number of carboxylic acids is 1. The molecule has 0 aromatic carbocycles. The van der Waals surface area contributed by atoms with Crippen LogP contribution in [0.1, 0.15) is 11.4 Å². The maximum absolute atomic E-state index is 10.6. The number of carbonyl (C=O) groups is 1. The van der Waals surface area contributed by atoms with E-state index in [0.717, 1.165) is 5.69 Å². The van der Waals surface area contributed by atoms with Crippen LogP contribution in [0.3, 0.4) is 0 Å². The highest BCUT2D eigenvalue weighted by Crippen LogP contribution is 2.07. The monoisotopic (exact) mass is 184 g/mol. The molecule has 1 rings (SSSR count). The molecule has 72 valence electrons. The third-order valence-electron chi connectivity index (χ3n) is 1.89.